The molecule has 0 radical (unpaired) electrons. The van der Waals surface area contributed by atoms with Crippen molar-refractivity contribution in [2.24, 2.45) is 0 Å². The quantitative estimate of drug-likeness (QED) is 0.651. The average Bonchev–Trinajstić information content (AvgIpc) is 2.56. The van der Waals surface area contributed by atoms with Crippen LogP contribution < -0.4 is 10.2 Å². The Kier molecular flexibility index (Phi) is 7.16. The van der Waals surface area contributed by atoms with E-state index in [0.717, 1.165) is 18.4 Å². The summed E-state index contributed by atoms with van der Waals surface area (Å²) in [7, 11) is 1.55. The first kappa shape index (κ1) is 14.7. The number of hydrogen-bond donors (Lipinski definition) is 0. The SMILES string of the molecule is CCCCCCCCc1ccccc(OC)c1=O. The van der Waals surface area contributed by atoms with E-state index in [1.54, 1.807) is 13.2 Å². The van der Waals surface area contributed by atoms with Crippen molar-refractivity contribution in [1.82, 2.24) is 0 Å². The van der Waals surface area contributed by atoms with Gasteiger partial charge in [0.2, 0.25) is 5.43 Å². The van der Waals surface area contributed by atoms with E-state index in [1.807, 2.05) is 18.2 Å². The van der Waals surface area contributed by atoms with Crippen LogP contribution in [-0.4, -0.2) is 7.11 Å². The van der Waals surface area contributed by atoms with Crippen LogP contribution in [0.5, 0.6) is 5.75 Å². The summed E-state index contributed by atoms with van der Waals surface area (Å²) in [6.07, 6.45) is 8.34. The highest BCUT2D eigenvalue weighted by Crippen LogP contribution is 2.09. The van der Waals surface area contributed by atoms with Gasteiger partial charge in [0, 0.05) is 5.56 Å². The second-order valence-corrected chi connectivity index (χ2v) is 4.66. The molecule has 100 valence electrons. The van der Waals surface area contributed by atoms with E-state index < -0.39 is 0 Å². The Morgan fingerprint density at radius 2 is 1.67 bits per heavy atom. The Hall–Kier alpha value is -1.31. The summed E-state index contributed by atoms with van der Waals surface area (Å²) >= 11 is 0. The van der Waals surface area contributed by atoms with Crippen LogP contribution in [0, 0.1) is 0 Å². The van der Waals surface area contributed by atoms with Gasteiger partial charge in [0.05, 0.1) is 7.11 Å². The molecule has 0 aliphatic heterocycles. The first-order valence-electron chi connectivity index (χ1n) is 6.95. The molecule has 0 amide bonds. The van der Waals surface area contributed by atoms with Gasteiger partial charge in [-0.1, -0.05) is 57.2 Å². The van der Waals surface area contributed by atoms with Crippen molar-refractivity contribution in [3.63, 3.8) is 0 Å². The number of rotatable bonds is 8. The lowest BCUT2D eigenvalue weighted by atomic mass is 10.1. The molecule has 1 rings (SSSR count). The summed E-state index contributed by atoms with van der Waals surface area (Å²) in [5.74, 6) is 0.445. The minimum atomic E-state index is 0.0380. The molecule has 0 aliphatic carbocycles. The van der Waals surface area contributed by atoms with Gasteiger partial charge in [-0.2, -0.15) is 0 Å². The summed E-state index contributed by atoms with van der Waals surface area (Å²) in [4.78, 5) is 12.0. The van der Waals surface area contributed by atoms with Gasteiger partial charge in [-0.3, -0.25) is 4.79 Å². The Morgan fingerprint density at radius 1 is 1.00 bits per heavy atom. The van der Waals surface area contributed by atoms with Crippen LogP contribution in [0.3, 0.4) is 0 Å². The van der Waals surface area contributed by atoms with Crippen molar-refractivity contribution >= 4 is 0 Å². The molecule has 18 heavy (non-hydrogen) atoms. The molecule has 1 aromatic rings. The minimum absolute atomic E-state index is 0.0380. The third-order valence-corrected chi connectivity index (χ3v) is 3.19. The van der Waals surface area contributed by atoms with E-state index >= 15 is 0 Å². The molecule has 2 nitrogen and oxygen atoms in total. The van der Waals surface area contributed by atoms with Gasteiger partial charge in [-0.25, -0.2) is 0 Å². The van der Waals surface area contributed by atoms with Crippen LogP contribution in [0.25, 0.3) is 0 Å². The van der Waals surface area contributed by atoms with Gasteiger partial charge in [0.15, 0.2) is 5.75 Å². The highest BCUT2D eigenvalue weighted by Gasteiger charge is 2.03. The fraction of sp³-hybridized carbons (Fsp3) is 0.562. The Morgan fingerprint density at radius 3 is 2.39 bits per heavy atom. The summed E-state index contributed by atoms with van der Waals surface area (Å²) in [5, 5.41) is 0. The number of ether oxygens (including phenoxy) is 1. The summed E-state index contributed by atoms with van der Waals surface area (Å²) in [5.41, 5.74) is 0.906. The molecule has 0 N–H and O–H groups in total. The molecular formula is C16H24O2. The van der Waals surface area contributed by atoms with E-state index in [9.17, 15) is 4.79 Å². The lowest BCUT2D eigenvalue weighted by Crippen LogP contribution is -2.08. The van der Waals surface area contributed by atoms with Crippen LogP contribution in [0.2, 0.25) is 0 Å². The second kappa shape index (κ2) is 8.73. The number of unbranched alkanes of at least 4 members (excludes halogenated alkanes) is 5. The van der Waals surface area contributed by atoms with Gasteiger partial charge in [0.1, 0.15) is 0 Å². The Balaban J connectivity index is 2.48. The highest BCUT2D eigenvalue weighted by atomic mass is 16.5. The molecule has 0 bridgehead atoms. The maximum atomic E-state index is 12.0. The van der Waals surface area contributed by atoms with Gasteiger partial charge in [-0.05, 0) is 18.9 Å². The molecule has 0 spiro atoms. The third kappa shape index (κ3) is 4.91. The number of hydrogen-bond acceptors (Lipinski definition) is 2. The molecule has 0 atom stereocenters. The average molecular weight is 248 g/mol. The highest BCUT2D eigenvalue weighted by molar-refractivity contribution is 5.27. The maximum Gasteiger partial charge on any atom is 0.223 e. The minimum Gasteiger partial charge on any atom is -0.493 e. The van der Waals surface area contributed by atoms with Crippen LogP contribution >= 0.6 is 0 Å². The topological polar surface area (TPSA) is 26.3 Å². The molecular weight excluding hydrogens is 224 g/mol. The molecule has 0 aromatic heterocycles. The van der Waals surface area contributed by atoms with Crippen LogP contribution in [0.1, 0.15) is 51.0 Å². The van der Waals surface area contributed by atoms with Crippen LogP contribution in [0.15, 0.2) is 29.1 Å². The zero-order valence-corrected chi connectivity index (χ0v) is 11.6. The smallest absolute Gasteiger partial charge is 0.223 e. The molecule has 0 saturated carbocycles. The molecule has 0 aliphatic rings. The molecule has 0 unspecified atom stereocenters. The largest absolute Gasteiger partial charge is 0.493 e. The van der Waals surface area contributed by atoms with E-state index in [2.05, 4.69) is 6.92 Å². The summed E-state index contributed by atoms with van der Waals surface area (Å²) < 4.78 is 5.09. The second-order valence-electron chi connectivity index (χ2n) is 4.66. The van der Waals surface area contributed by atoms with Gasteiger partial charge in [0.25, 0.3) is 0 Å². The number of aryl methyl sites for hydroxylation is 1. The van der Waals surface area contributed by atoms with Crippen molar-refractivity contribution in [1.29, 1.82) is 0 Å². The first-order valence-corrected chi connectivity index (χ1v) is 6.95. The van der Waals surface area contributed by atoms with Crippen molar-refractivity contribution in [3.8, 4) is 5.75 Å². The van der Waals surface area contributed by atoms with Crippen molar-refractivity contribution in [2.75, 3.05) is 7.11 Å². The molecule has 0 heterocycles. The van der Waals surface area contributed by atoms with E-state index in [1.165, 1.54) is 32.1 Å². The van der Waals surface area contributed by atoms with E-state index in [4.69, 9.17) is 4.74 Å². The van der Waals surface area contributed by atoms with Gasteiger partial charge >= 0.3 is 0 Å². The van der Waals surface area contributed by atoms with Crippen molar-refractivity contribution in [3.05, 3.63) is 40.1 Å². The fourth-order valence-electron chi connectivity index (χ4n) is 2.08. The van der Waals surface area contributed by atoms with E-state index in [0.29, 0.717) is 5.75 Å². The van der Waals surface area contributed by atoms with Gasteiger partial charge < -0.3 is 4.74 Å². The zero-order valence-electron chi connectivity index (χ0n) is 11.6. The Bertz CT molecular complexity index is 399. The fourth-order valence-corrected chi connectivity index (χ4v) is 2.08. The Labute approximate surface area is 110 Å². The van der Waals surface area contributed by atoms with Crippen LogP contribution in [-0.2, 0) is 6.42 Å². The van der Waals surface area contributed by atoms with Crippen molar-refractivity contribution in [2.45, 2.75) is 51.9 Å². The third-order valence-electron chi connectivity index (χ3n) is 3.19. The molecule has 1 aromatic carbocycles. The lowest BCUT2D eigenvalue weighted by molar-refractivity contribution is 0.410. The molecule has 0 fully saturated rings. The summed E-state index contributed by atoms with van der Waals surface area (Å²) in [6.45, 7) is 2.22. The van der Waals surface area contributed by atoms with Gasteiger partial charge in [-0.15, -0.1) is 0 Å². The molecule has 2 heteroatoms. The lowest BCUT2D eigenvalue weighted by Gasteiger charge is -2.01. The maximum absolute atomic E-state index is 12.0. The monoisotopic (exact) mass is 248 g/mol. The normalized spacial score (nSPS) is 10.3. The standard InChI is InChI=1S/C16H24O2/c1-3-4-5-6-7-8-11-14-12-9-10-13-15(18-2)16(14)17/h9-10,12-13H,3-8,11H2,1-2H3. The molecule has 0 saturated heterocycles. The number of methoxy groups -OCH3 is 1. The predicted octanol–water partition coefficient (Wildman–Crippen LogP) is 3.96. The zero-order chi connectivity index (χ0) is 13.2. The van der Waals surface area contributed by atoms with E-state index in [-0.39, 0.29) is 5.43 Å². The predicted molar refractivity (Wildman–Crippen MR) is 76.3 cm³/mol. The van der Waals surface area contributed by atoms with Crippen molar-refractivity contribution < 1.29 is 4.74 Å². The van der Waals surface area contributed by atoms with Crippen LogP contribution in [0.4, 0.5) is 0 Å². The summed E-state index contributed by atoms with van der Waals surface area (Å²) in [6, 6.07) is 7.41. The first-order chi connectivity index (χ1) is 8.79.